The van der Waals surface area contributed by atoms with E-state index in [4.69, 9.17) is 5.21 Å². The minimum absolute atomic E-state index is 0.449. The molecule has 0 amide bonds. The Balaban J connectivity index is 2.86. The number of nitrogens with zero attached hydrogens (tertiary/aromatic N) is 1. The molecule has 1 fully saturated rings. The summed E-state index contributed by atoms with van der Waals surface area (Å²) in [4.78, 5) is 0. The summed E-state index contributed by atoms with van der Waals surface area (Å²) in [6, 6.07) is 0. The fourth-order valence-electron chi connectivity index (χ4n) is 2.05. The molecule has 1 saturated carbocycles. The topological polar surface area (TPSA) is 32.6 Å². The molecule has 0 aromatic rings. The van der Waals surface area contributed by atoms with Crippen molar-refractivity contribution in [2.75, 3.05) is 0 Å². The van der Waals surface area contributed by atoms with Gasteiger partial charge in [-0.2, -0.15) is 0 Å². The van der Waals surface area contributed by atoms with Crippen LogP contribution in [0.25, 0.3) is 0 Å². The first-order valence-electron chi connectivity index (χ1n) is 4.31. The zero-order chi connectivity index (χ0) is 8.59. The molecule has 0 bridgehead atoms. The first-order chi connectivity index (χ1) is 5.09. The van der Waals surface area contributed by atoms with Crippen LogP contribution in [0.1, 0.15) is 27.7 Å². The molecule has 1 rings (SSSR count). The lowest BCUT2D eigenvalue weighted by Crippen LogP contribution is -2.11. The van der Waals surface area contributed by atoms with Gasteiger partial charge in [-0.25, -0.2) is 0 Å². The molecule has 11 heavy (non-hydrogen) atoms. The van der Waals surface area contributed by atoms with Gasteiger partial charge in [-0.1, -0.05) is 32.9 Å². The molecule has 1 aliphatic rings. The molecule has 2 heteroatoms. The Morgan fingerprint density at radius 1 is 1.00 bits per heavy atom. The third kappa shape index (κ3) is 1.15. The normalized spacial score (nSPS) is 44.5. The number of hydrogen-bond acceptors (Lipinski definition) is 2. The van der Waals surface area contributed by atoms with Gasteiger partial charge in [-0.15, -0.1) is 0 Å². The second-order valence-electron chi connectivity index (χ2n) is 3.82. The van der Waals surface area contributed by atoms with Crippen LogP contribution in [-0.2, 0) is 0 Å². The molecular weight excluding hydrogens is 138 g/mol. The molecule has 1 aliphatic carbocycles. The molecule has 0 radical (unpaired) electrons. The average Bonchev–Trinajstić information content (AvgIpc) is 2.17. The monoisotopic (exact) mass is 155 g/mol. The quantitative estimate of drug-likeness (QED) is 0.423. The van der Waals surface area contributed by atoms with Gasteiger partial charge in [-0.3, -0.25) is 0 Å². The van der Waals surface area contributed by atoms with E-state index in [1.54, 1.807) is 0 Å². The van der Waals surface area contributed by atoms with Crippen molar-refractivity contribution in [3.05, 3.63) is 0 Å². The standard InChI is InChI=1S/C9H17NO/c1-5-6(2)8(4)9(10-11)7(5)3/h5-8,11H,1-4H3. The highest BCUT2D eigenvalue weighted by Crippen LogP contribution is 2.38. The van der Waals surface area contributed by atoms with Crippen molar-refractivity contribution in [3.8, 4) is 0 Å². The molecule has 0 aromatic carbocycles. The number of oxime groups is 1. The number of rotatable bonds is 0. The highest BCUT2D eigenvalue weighted by Gasteiger charge is 2.38. The van der Waals surface area contributed by atoms with Crippen LogP contribution in [0.5, 0.6) is 0 Å². The summed E-state index contributed by atoms with van der Waals surface area (Å²) in [5.41, 5.74) is 0.977. The summed E-state index contributed by atoms with van der Waals surface area (Å²) < 4.78 is 0. The van der Waals surface area contributed by atoms with Crippen molar-refractivity contribution in [1.82, 2.24) is 0 Å². The molecule has 0 aliphatic heterocycles. The SMILES string of the molecule is CC1C(=NO)C(C)C(C)C1C. The summed E-state index contributed by atoms with van der Waals surface area (Å²) in [6.07, 6.45) is 0. The summed E-state index contributed by atoms with van der Waals surface area (Å²) in [7, 11) is 0. The van der Waals surface area contributed by atoms with Crippen LogP contribution in [0.2, 0.25) is 0 Å². The van der Waals surface area contributed by atoms with Gasteiger partial charge in [-0.05, 0) is 11.8 Å². The van der Waals surface area contributed by atoms with Crippen LogP contribution in [0.15, 0.2) is 5.16 Å². The summed E-state index contributed by atoms with van der Waals surface area (Å²) in [5, 5.41) is 12.1. The largest absolute Gasteiger partial charge is 0.411 e. The van der Waals surface area contributed by atoms with E-state index in [1.165, 1.54) is 0 Å². The van der Waals surface area contributed by atoms with Gasteiger partial charge >= 0.3 is 0 Å². The van der Waals surface area contributed by atoms with E-state index in [-0.39, 0.29) is 0 Å². The lowest BCUT2D eigenvalue weighted by molar-refractivity contribution is 0.313. The van der Waals surface area contributed by atoms with E-state index >= 15 is 0 Å². The molecular formula is C9H17NO. The summed E-state index contributed by atoms with van der Waals surface area (Å²) in [6.45, 7) is 8.73. The number of hydrogen-bond donors (Lipinski definition) is 1. The predicted octanol–water partition coefficient (Wildman–Crippen LogP) is 2.37. The Labute approximate surface area is 68.3 Å². The van der Waals surface area contributed by atoms with Crippen molar-refractivity contribution >= 4 is 5.71 Å². The minimum atomic E-state index is 0.449. The van der Waals surface area contributed by atoms with Gasteiger partial charge in [0, 0.05) is 11.8 Å². The van der Waals surface area contributed by atoms with Gasteiger partial charge in [0.1, 0.15) is 0 Å². The van der Waals surface area contributed by atoms with Crippen LogP contribution in [0.3, 0.4) is 0 Å². The maximum atomic E-state index is 8.73. The third-order valence-corrected chi connectivity index (χ3v) is 3.46. The van der Waals surface area contributed by atoms with Crippen molar-refractivity contribution in [3.63, 3.8) is 0 Å². The second kappa shape index (κ2) is 2.84. The van der Waals surface area contributed by atoms with Gasteiger partial charge in [0.15, 0.2) is 0 Å². The Kier molecular flexibility index (Phi) is 2.21. The lowest BCUT2D eigenvalue weighted by atomic mass is 9.92. The van der Waals surface area contributed by atoms with E-state index in [0.717, 1.165) is 5.71 Å². The highest BCUT2D eigenvalue weighted by atomic mass is 16.4. The van der Waals surface area contributed by atoms with Crippen LogP contribution < -0.4 is 0 Å². The summed E-state index contributed by atoms with van der Waals surface area (Å²) in [5.74, 6) is 2.20. The molecule has 1 N–H and O–H groups in total. The van der Waals surface area contributed by atoms with E-state index < -0.39 is 0 Å². The molecule has 2 nitrogen and oxygen atoms in total. The van der Waals surface area contributed by atoms with Gasteiger partial charge in [0.05, 0.1) is 5.71 Å². The van der Waals surface area contributed by atoms with E-state index in [2.05, 4.69) is 32.9 Å². The molecule has 0 aromatic heterocycles. The molecule has 0 saturated heterocycles. The van der Waals surface area contributed by atoms with Crippen molar-refractivity contribution in [1.29, 1.82) is 0 Å². The molecule has 0 heterocycles. The van der Waals surface area contributed by atoms with E-state index in [0.29, 0.717) is 23.7 Å². The van der Waals surface area contributed by atoms with Crippen LogP contribution in [0, 0.1) is 23.7 Å². The highest BCUT2D eigenvalue weighted by molar-refractivity contribution is 5.90. The van der Waals surface area contributed by atoms with Crippen LogP contribution >= 0.6 is 0 Å². The van der Waals surface area contributed by atoms with E-state index in [1.807, 2.05) is 0 Å². The zero-order valence-corrected chi connectivity index (χ0v) is 7.70. The Bertz CT molecular complexity index is 160. The Morgan fingerprint density at radius 2 is 1.36 bits per heavy atom. The first kappa shape index (κ1) is 8.57. The fraction of sp³-hybridized carbons (Fsp3) is 0.889. The third-order valence-electron chi connectivity index (χ3n) is 3.46. The maximum absolute atomic E-state index is 8.73. The Hall–Kier alpha value is -0.530. The van der Waals surface area contributed by atoms with Crippen molar-refractivity contribution in [2.45, 2.75) is 27.7 Å². The Morgan fingerprint density at radius 3 is 1.55 bits per heavy atom. The molecule has 4 atom stereocenters. The van der Waals surface area contributed by atoms with Gasteiger partial charge in [0.2, 0.25) is 0 Å². The van der Waals surface area contributed by atoms with Gasteiger partial charge in [0.25, 0.3) is 0 Å². The lowest BCUT2D eigenvalue weighted by Gasteiger charge is -2.12. The van der Waals surface area contributed by atoms with Crippen molar-refractivity contribution < 1.29 is 5.21 Å². The van der Waals surface area contributed by atoms with Gasteiger partial charge < -0.3 is 5.21 Å². The maximum Gasteiger partial charge on any atom is 0.0632 e. The smallest absolute Gasteiger partial charge is 0.0632 e. The second-order valence-corrected chi connectivity index (χ2v) is 3.82. The van der Waals surface area contributed by atoms with Crippen LogP contribution in [-0.4, -0.2) is 10.9 Å². The van der Waals surface area contributed by atoms with Crippen molar-refractivity contribution in [2.24, 2.45) is 28.8 Å². The fourth-order valence-corrected chi connectivity index (χ4v) is 2.05. The molecule has 4 unspecified atom stereocenters. The zero-order valence-electron chi connectivity index (χ0n) is 7.70. The predicted molar refractivity (Wildman–Crippen MR) is 45.9 cm³/mol. The molecule has 64 valence electrons. The summed E-state index contributed by atoms with van der Waals surface area (Å²) >= 11 is 0. The van der Waals surface area contributed by atoms with Crippen LogP contribution in [0.4, 0.5) is 0 Å². The van der Waals surface area contributed by atoms with E-state index in [9.17, 15) is 0 Å². The average molecular weight is 155 g/mol. The first-order valence-corrected chi connectivity index (χ1v) is 4.31. The molecule has 0 spiro atoms. The minimum Gasteiger partial charge on any atom is -0.411 e.